The third kappa shape index (κ3) is 6.96. The van der Waals surface area contributed by atoms with Gasteiger partial charge >= 0.3 is 6.43 Å². The summed E-state index contributed by atoms with van der Waals surface area (Å²) in [6.45, 7) is 5.39. The van der Waals surface area contributed by atoms with Gasteiger partial charge in [-0.1, -0.05) is 38.8 Å². The van der Waals surface area contributed by atoms with Crippen LogP contribution in [0.5, 0.6) is 0 Å². The molecule has 2 saturated heterocycles. The van der Waals surface area contributed by atoms with Crippen molar-refractivity contribution in [1.82, 2.24) is 26.0 Å². The highest BCUT2D eigenvalue weighted by Gasteiger charge is 2.52. The van der Waals surface area contributed by atoms with E-state index in [0.717, 1.165) is 12.8 Å². The zero-order valence-corrected chi connectivity index (χ0v) is 23.1. The van der Waals surface area contributed by atoms with Gasteiger partial charge in [-0.3, -0.25) is 29.4 Å². The molecule has 14 heteroatoms. The Labute approximate surface area is 230 Å². The lowest BCUT2D eigenvalue weighted by Crippen LogP contribution is -2.61. The van der Waals surface area contributed by atoms with E-state index in [1.165, 1.54) is 4.90 Å². The fraction of sp³-hybridized carbons (Fsp3) is 0.800. The maximum atomic E-state index is 13.9. The summed E-state index contributed by atoms with van der Waals surface area (Å²) in [6.07, 6.45) is 0.253. The first-order valence-corrected chi connectivity index (χ1v) is 13.8. The molecule has 3 rings (SSSR count). The van der Waals surface area contributed by atoms with E-state index in [9.17, 15) is 37.1 Å². The molecule has 1 aliphatic carbocycles. The van der Waals surface area contributed by atoms with Gasteiger partial charge in [0.05, 0.1) is 12.5 Å². The number of hydrogen-bond donors (Lipinski definition) is 3. The number of hydrazine groups is 1. The number of halogens is 4. The van der Waals surface area contributed by atoms with Gasteiger partial charge in [-0.15, -0.1) is 0 Å². The van der Waals surface area contributed by atoms with Crippen molar-refractivity contribution in [2.45, 2.75) is 83.4 Å². The van der Waals surface area contributed by atoms with Gasteiger partial charge < -0.3 is 15.5 Å². The minimum atomic E-state index is -3.33. The molecule has 2 aliphatic heterocycles. The molecule has 39 heavy (non-hydrogen) atoms. The lowest BCUT2D eigenvalue weighted by atomic mass is 9.80. The average Bonchev–Trinajstić information content (AvgIpc) is 3.48. The van der Waals surface area contributed by atoms with Crippen LogP contribution in [0.2, 0.25) is 0 Å². The van der Waals surface area contributed by atoms with Crippen LogP contribution in [-0.4, -0.2) is 83.2 Å². The van der Waals surface area contributed by atoms with E-state index >= 15 is 0 Å². The second-order valence-electron chi connectivity index (χ2n) is 11.2. The number of alkyl halides is 4. The van der Waals surface area contributed by atoms with Crippen molar-refractivity contribution in [3.05, 3.63) is 0 Å². The Morgan fingerprint density at radius 1 is 1.15 bits per heavy atom. The highest BCUT2D eigenvalue weighted by Crippen LogP contribution is 2.43. The van der Waals surface area contributed by atoms with Gasteiger partial charge in [0.15, 0.2) is 0 Å². The number of piperidine rings is 1. The molecular formula is C25H37ClF3N5O5. The summed E-state index contributed by atoms with van der Waals surface area (Å²) in [5.74, 6) is -5.66. The molecule has 10 nitrogen and oxygen atoms in total. The Balaban J connectivity index is 1.88. The lowest BCUT2D eigenvalue weighted by Gasteiger charge is -2.38. The quantitative estimate of drug-likeness (QED) is 0.283. The Hall–Kier alpha value is -2.57. The first-order valence-electron chi connectivity index (χ1n) is 13.3. The monoisotopic (exact) mass is 579 g/mol. The fourth-order valence-electron chi connectivity index (χ4n) is 5.77. The van der Waals surface area contributed by atoms with Crippen molar-refractivity contribution in [2.75, 3.05) is 19.6 Å². The van der Waals surface area contributed by atoms with Crippen LogP contribution in [0.1, 0.15) is 59.3 Å². The molecule has 2 heterocycles. The predicted molar refractivity (Wildman–Crippen MR) is 135 cm³/mol. The molecule has 6 atom stereocenters. The second kappa shape index (κ2) is 12.7. The van der Waals surface area contributed by atoms with E-state index in [0.29, 0.717) is 37.2 Å². The van der Waals surface area contributed by atoms with Crippen LogP contribution < -0.4 is 16.1 Å². The van der Waals surface area contributed by atoms with Crippen molar-refractivity contribution < 1.29 is 37.1 Å². The minimum absolute atomic E-state index is 0.0453. The summed E-state index contributed by atoms with van der Waals surface area (Å²) in [6, 6.07) is -2.42. The molecular weight excluding hydrogens is 543 g/mol. The van der Waals surface area contributed by atoms with Gasteiger partial charge in [-0.25, -0.2) is 9.40 Å². The zero-order chi connectivity index (χ0) is 29.1. The first-order chi connectivity index (χ1) is 18.3. The highest BCUT2D eigenvalue weighted by molar-refractivity contribution is 6.29. The number of carbonyl (C=O) groups excluding carboxylic acids is 5. The smallest absolute Gasteiger partial charge is 0.315 e. The predicted octanol–water partition coefficient (Wildman–Crippen LogP) is 1.72. The van der Waals surface area contributed by atoms with Crippen LogP contribution in [0.3, 0.4) is 0 Å². The largest absolute Gasteiger partial charge is 0.356 e. The van der Waals surface area contributed by atoms with Gasteiger partial charge in [0.1, 0.15) is 12.1 Å². The summed E-state index contributed by atoms with van der Waals surface area (Å²) < 4.78 is 40.1. The van der Waals surface area contributed by atoms with Crippen LogP contribution in [0.25, 0.3) is 0 Å². The minimum Gasteiger partial charge on any atom is -0.356 e. The zero-order valence-electron chi connectivity index (χ0n) is 22.4. The van der Waals surface area contributed by atoms with Crippen LogP contribution >= 0.6 is 11.6 Å². The Morgan fingerprint density at radius 2 is 1.85 bits per heavy atom. The van der Waals surface area contributed by atoms with E-state index in [1.54, 1.807) is 20.8 Å². The van der Waals surface area contributed by atoms with E-state index < -0.39 is 59.1 Å². The third-order valence-electron chi connectivity index (χ3n) is 8.37. The summed E-state index contributed by atoms with van der Waals surface area (Å²) in [5, 5.41) is 5.51. The molecule has 0 bridgehead atoms. The van der Waals surface area contributed by atoms with Crippen molar-refractivity contribution in [2.24, 2.45) is 23.2 Å². The van der Waals surface area contributed by atoms with Crippen molar-refractivity contribution in [3.8, 4) is 0 Å². The molecule has 0 aromatic carbocycles. The summed E-state index contributed by atoms with van der Waals surface area (Å²) in [4.78, 5) is 65.5. The summed E-state index contributed by atoms with van der Waals surface area (Å²) >= 11 is 5.39. The fourth-order valence-corrected chi connectivity index (χ4v) is 5.89. The molecule has 3 fully saturated rings. The number of likely N-dealkylation sites (tertiary alicyclic amines) is 1. The van der Waals surface area contributed by atoms with Gasteiger partial charge in [0, 0.05) is 13.1 Å². The molecule has 3 aliphatic rings. The van der Waals surface area contributed by atoms with Crippen LogP contribution in [0.15, 0.2) is 0 Å². The van der Waals surface area contributed by atoms with Gasteiger partial charge in [-0.2, -0.15) is 8.78 Å². The Bertz CT molecular complexity index is 968. The Kier molecular flexibility index (Phi) is 10.1. The van der Waals surface area contributed by atoms with Gasteiger partial charge in [0.25, 0.3) is 23.4 Å². The molecule has 3 N–H and O–H groups in total. The SMILES string of the molecule is CCC(C)(C)[C@H](NC(=O)C(F)F)C(=O)N1C[C@@H]2CCC[C@@H]2[C@H]1C(=O)NN(C[C@@H]1CCCNC1=O)C(=O)[C@H](F)Cl. The van der Waals surface area contributed by atoms with E-state index in [1.807, 2.05) is 0 Å². The molecule has 0 unspecified atom stereocenters. The van der Waals surface area contributed by atoms with Crippen molar-refractivity contribution in [1.29, 1.82) is 0 Å². The number of carbonyl (C=O) groups is 5. The normalized spacial score (nSPS) is 26.5. The van der Waals surface area contributed by atoms with Gasteiger partial charge in [-0.05, 0) is 49.4 Å². The number of nitrogens with zero attached hydrogens (tertiary/aromatic N) is 2. The van der Waals surface area contributed by atoms with Crippen LogP contribution in [0.4, 0.5) is 13.2 Å². The molecule has 0 radical (unpaired) electrons. The van der Waals surface area contributed by atoms with Crippen molar-refractivity contribution >= 4 is 41.1 Å². The van der Waals surface area contributed by atoms with E-state index in [2.05, 4.69) is 16.1 Å². The third-order valence-corrected chi connectivity index (χ3v) is 8.55. The molecule has 0 aromatic heterocycles. The number of hydrogen-bond acceptors (Lipinski definition) is 5. The maximum absolute atomic E-state index is 13.9. The van der Waals surface area contributed by atoms with Gasteiger partial charge in [0.2, 0.25) is 11.8 Å². The number of rotatable bonds is 9. The molecule has 0 aromatic rings. The Morgan fingerprint density at radius 3 is 2.44 bits per heavy atom. The lowest BCUT2D eigenvalue weighted by molar-refractivity contribution is -0.151. The number of amides is 5. The standard InChI is InChI=1S/C25H37ClF3N5O5/c1-4-25(2,3)17(31-22(37)19(28)29)23(38)33-11-13-7-5-9-15(13)16(33)21(36)32-34(24(39)18(26)27)12-14-8-6-10-30-20(14)35/h13-19H,4-12H2,1-3H3,(H,30,35)(H,31,37)(H,32,36)/t13-,14-,15-,16-,17+,18-/m0/s1. The van der Waals surface area contributed by atoms with E-state index in [4.69, 9.17) is 11.6 Å². The maximum Gasteiger partial charge on any atom is 0.315 e. The molecule has 5 amide bonds. The van der Waals surface area contributed by atoms with Crippen molar-refractivity contribution in [3.63, 3.8) is 0 Å². The van der Waals surface area contributed by atoms with E-state index in [-0.39, 0.29) is 30.8 Å². The molecule has 0 spiro atoms. The van der Waals surface area contributed by atoms with Crippen LogP contribution in [0, 0.1) is 23.2 Å². The first kappa shape index (κ1) is 31.0. The topological polar surface area (TPSA) is 128 Å². The number of fused-ring (bicyclic) bond motifs is 1. The average molecular weight is 580 g/mol. The summed E-state index contributed by atoms with van der Waals surface area (Å²) in [5.41, 5.74) is -1.000. The molecule has 1 saturated carbocycles. The molecule has 220 valence electrons. The highest BCUT2D eigenvalue weighted by atomic mass is 35.5. The second-order valence-corrected chi connectivity index (χ2v) is 11.6. The number of nitrogens with one attached hydrogen (secondary N) is 3. The van der Waals surface area contributed by atoms with Crippen LogP contribution in [-0.2, 0) is 24.0 Å². The summed E-state index contributed by atoms with van der Waals surface area (Å²) in [7, 11) is 0.